The van der Waals surface area contributed by atoms with E-state index in [1.54, 1.807) is 0 Å². The molecular formula is C10H16BrNO. The van der Waals surface area contributed by atoms with Gasteiger partial charge >= 0.3 is 0 Å². The summed E-state index contributed by atoms with van der Waals surface area (Å²) in [6.07, 6.45) is 2.41. The van der Waals surface area contributed by atoms with E-state index in [0.29, 0.717) is 6.04 Å². The molecule has 0 amide bonds. The molecule has 74 valence electrons. The fraction of sp³-hybridized carbons (Fsp3) is 0.800. The first-order valence-corrected chi connectivity index (χ1v) is 5.72. The first-order chi connectivity index (χ1) is 6.27. The quantitative estimate of drug-likeness (QED) is 0.702. The van der Waals surface area contributed by atoms with Crippen molar-refractivity contribution in [2.24, 2.45) is 0 Å². The molecule has 13 heavy (non-hydrogen) atoms. The molecule has 1 unspecified atom stereocenters. The second kappa shape index (κ2) is 4.11. The number of hydrogen-bond donors (Lipinski definition) is 0. The average Bonchev–Trinajstić information content (AvgIpc) is 2.62. The lowest BCUT2D eigenvalue weighted by Crippen LogP contribution is -2.39. The van der Waals surface area contributed by atoms with Gasteiger partial charge in [-0.15, -0.1) is 0 Å². The summed E-state index contributed by atoms with van der Waals surface area (Å²) in [5.74, 6) is 0. The van der Waals surface area contributed by atoms with Crippen LogP contribution in [-0.4, -0.2) is 37.2 Å². The zero-order valence-electron chi connectivity index (χ0n) is 8.05. The molecule has 2 aliphatic heterocycles. The van der Waals surface area contributed by atoms with E-state index < -0.39 is 0 Å². The normalized spacial score (nSPS) is 31.4. The van der Waals surface area contributed by atoms with E-state index in [0.717, 1.165) is 19.8 Å². The van der Waals surface area contributed by atoms with Crippen LogP contribution in [0.3, 0.4) is 0 Å². The molecule has 0 N–H and O–H groups in total. The Bertz CT molecular complexity index is 221. The zero-order valence-corrected chi connectivity index (χ0v) is 9.64. The molecular weight excluding hydrogens is 230 g/mol. The number of rotatable bonds is 1. The van der Waals surface area contributed by atoms with Gasteiger partial charge in [-0.2, -0.15) is 0 Å². The molecule has 2 rings (SSSR count). The minimum atomic E-state index is 0.667. The van der Waals surface area contributed by atoms with E-state index in [4.69, 9.17) is 4.74 Å². The summed E-state index contributed by atoms with van der Waals surface area (Å²) in [7, 11) is 0. The maximum atomic E-state index is 5.40. The van der Waals surface area contributed by atoms with Crippen LogP contribution in [0.1, 0.15) is 19.8 Å². The van der Waals surface area contributed by atoms with Gasteiger partial charge in [0.15, 0.2) is 0 Å². The molecule has 2 aliphatic rings. The summed E-state index contributed by atoms with van der Waals surface area (Å²) in [6.45, 7) is 6.38. The van der Waals surface area contributed by atoms with Gasteiger partial charge < -0.3 is 4.74 Å². The molecule has 0 saturated carbocycles. The van der Waals surface area contributed by atoms with E-state index in [-0.39, 0.29) is 0 Å². The molecule has 0 aliphatic carbocycles. The van der Waals surface area contributed by atoms with Crippen LogP contribution < -0.4 is 0 Å². The van der Waals surface area contributed by atoms with Crippen molar-refractivity contribution in [2.75, 3.05) is 26.3 Å². The predicted octanol–water partition coefficient (Wildman–Crippen LogP) is 2.15. The van der Waals surface area contributed by atoms with Gasteiger partial charge in [-0.25, -0.2) is 0 Å². The number of halogens is 1. The summed E-state index contributed by atoms with van der Waals surface area (Å²) in [4.78, 5) is 2.53. The Morgan fingerprint density at radius 2 is 2.38 bits per heavy atom. The molecule has 0 bridgehead atoms. The van der Waals surface area contributed by atoms with Crippen LogP contribution in [0.2, 0.25) is 0 Å². The van der Waals surface area contributed by atoms with Gasteiger partial charge in [0, 0.05) is 30.2 Å². The van der Waals surface area contributed by atoms with Crippen molar-refractivity contribution in [1.82, 2.24) is 4.90 Å². The molecule has 0 radical (unpaired) electrons. The minimum Gasteiger partial charge on any atom is -0.380 e. The van der Waals surface area contributed by atoms with Gasteiger partial charge in [0.1, 0.15) is 0 Å². The molecule has 1 fully saturated rings. The molecule has 2 heterocycles. The Balaban J connectivity index is 1.96. The highest BCUT2D eigenvalue weighted by Gasteiger charge is 2.25. The standard InChI is InChI=1S/C10H16BrNO/c1-8-2-4-12(6-10(8)11)9-3-5-13-7-9/h9H,2-7H2,1H3. The van der Waals surface area contributed by atoms with Crippen LogP contribution in [0, 0.1) is 0 Å². The van der Waals surface area contributed by atoms with Crippen LogP contribution >= 0.6 is 15.9 Å². The molecule has 0 aromatic rings. The Kier molecular flexibility index (Phi) is 3.06. The average molecular weight is 246 g/mol. The van der Waals surface area contributed by atoms with Gasteiger partial charge in [-0.1, -0.05) is 21.5 Å². The maximum Gasteiger partial charge on any atom is 0.0622 e. The maximum absolute atomic E-state index is 5.40. The van der Waals surface area contributed by atoms with Crippen molar-refractivity contribution < 1.29 is 4.74 Å². The third-order valence-corrected chi connectivity index (χ3v) is 3.93. The number of hydrogen-bond acceptors (Lipinski definition) is 2. The molecule has 2 nitrogen and oxygen atoms in total. The topological polar surface area (TPSA) is 12.5 Å². The van der Waals surface area contributed by atoms with Gasteiger partial charge in [0.25, 0.3) is 0 Å². The van der Waals surface area contributed by atoms with Gasteiger partial charge in [0.05, 0.1) is 6.61 Å². The van der Waals surface area contributed by atoms with Crippen molar-refractivity contribution in [3.63, 3.8) is 0 Å². The molecule has 0 spiro atoms. The van der Waals surface area contributed by atoms with Gasteiger partial charge in [-0.05, 0) is 19.8 Å². The molecule has 3 heteroatoms. The fourth-order valence-corrected chi connectivity index (χ4v) is 2.48. The van der Waals surface area contributed by atoms with E-state index in [9.17, 15) is 0 Å². The molecule has 1 saturated heterocycles. The van der Waals surface area contributed by atoms with Crippen LogP contribution in [-0.2, 0) is 4.74 Å². The number of ether oxygens (including phenoxy) is 1. The third-order valence-electron chi connectivity index (χ3n) is 3.00. The van der Waals surface area contributed by atoms with E-state index in [1.807, 2.05) is 0 Å². The third kappa shape index (κ3) is 2.14. The van der Waals surface area contributed by atoms with Crippen LogP contribution in [0.25, 0.3) is 0 Å². The highest BCUT2D eigenvalue weighted by Crippen LogP contribution is 2.25. The van der Waals surface area contributed by atoms with Gasteiger partial charge in [0.2, 0.25) is 0 Å². The minimum absolute atomic E-state index is 0.667. The second-order valence-electron chi connectivity index (χ2n) is 3.92. The van der Waals surface area contributed by atoms with Crippen molar-refractivity contribution in [3.8, 4) is 0 Å². The van der Waals surface area contributed by atoms with Crippen molar-refractivity contribution in [2.45, 2.75) is 25.8 Å². The Morgan fingerprint density at radius 1 is 1.54 bits per heavy atom. The monoisotopic (exact) mass is 245 g/mol. The van der Waals surface area contributed by atoms with Crippen LogP contribution in [0.4, 0.5) is 0 Å². The molecule has 0 aromatic carbocycles. The molecule has 0 aromatic heterocycles. The SMILES string of the molecule is CC1=C(Br)CN(C2CCOC2)CC1. The summed E-state index contributed by atoms with van der Waals surface area (Å²) >= 11 is 3.64. The van der Waals surface area contributed by atoms with E-state index in [1.165, 1.54) is 29.4 Å². The summed E-state index contributed by atoms with van der Waals surface area (Å²) in [5, 5.41) is 0. The zero-order chi connectivity index (χ0) is 9.26. The summed E-state index contributed by atoms with van der Waals surface area (Å²) in [6, 6.07) is 0.667. The summed E-state index contributed by atoms with van der Waals surface area (Å²) < 4.78 is 6.78. The molecule has 1 atom stereocenters. The van der Waals surface area contributed by atoms with Crippen LogP contribution in [0.5, 0.6) is 0 Å². The first kappa shape index (κ1) is 9.69. The van der Waals surface area contributed by atoms with E-state index in [2.05, 4.69) is 27.8 Å². The first-order valence-electron chi connectivity index (χ1n) is 4.93. The number of nitrogens with zero attached hydrogens (tertiary/aromatic N) is 1. The van der Waals surface area contributed by atoms with Crippen molar-refractivity contribution >= 4 is 15.9 Å². The van der Waals surface area contributed by atoms with Gasteiger partial charge in [-0.3, -0.25) is 4.90 Å². The van der Waals surface area contributed by atoms with Crippen molar-refractivity contribution in [3.05, 3.63) is 10.1 Å². The predicted molar refractivity (Wildman–Crippen MR) is 57.0 cm³/mol. The van der Waals surface area contributed by atoms with Crippen molar-refractivity contribution in [1.29, 1.82) is 0 Å². The summed E-state index contributed by atoms with van der Waals surface area (Å²) in [5.41, 5.74) is 1.51. The van der Waals surface area contributed by atoms with Crippen LogP contribution in [0.15, 0.2) is 10.1 Å². The Morgan fingerprint density at radius 3 is 3.00 bits per heavy atom. The lowest BCUT2D eigenvalue weighted by Gasteiger charge is -2.31. The van der Waals surface area contributed by atoms with E-state index >= 15 is 0 Å². The lowest BCUT2D eigenvalue weighted by molar-refractivity contribution is 0.148. The highest BCUT2D eigenvalue weighted by atomic mass is 79.9. The smallest absolute Gasteiger partial charge is 0.0622 e. The Hall–Kier alpha value is 0.140. The lowest BCUT2D eigenvalue weighted by atomic mass is 10.1. The highest BCUT2D eigenvalue weighted by molar-refractivity contribution is 9.11. The fourth-order valence-electron chi connectivity index (χ4n) is 1.96. The Labute approximate surface area is 88.1 Å². The largest absolute Gasteiger partial charge is 0.380 e. The second-order valence-corrected chi connectivity index (χ2v) is 4.88.